The zero-order chi connectivity index (χ0) is 9.26. The van der Waals surface area contributed by atoms with Crippen LogP contribution in [0.2, 0.25) is 0 Å². The third-order valence-corrected chi connectivity index (χ3v) is 3.68. The van der Waals surface area contributed by atoms with Crippen LogP contribution in [0.3, 0.4) is 0 Å². The average Bonchev–Trinajstić information content (AvgIpc) is 2.67. The van der Waals surface area contributed by atoms with Crippen molar-refractivity contribution in [2.45, 2.75) is 19.4 Å². The fourth-order valence-electron chi connectivity index (χ4n) is 2.81. The van der Waals surface area contributed by atoms with Gasteiger partial charge in [-0.2, -0.15) is 0 Å². The maximum Gasteiger partial charge on any atom is 0.0111 e. The molecule has 0 aromatic heterocycles. The first kappa shape index (κ1) is 9.22. The molecule has 0 radical (unpaired) electrons. The zero-order valence-corrected chi connectivity index (χ0v) is 8.50. The molecule has 2 rings (SSSR count). The minimum Gasteiger partial charge on any atom is -0.316 e. The molecule has 0 aromatic carbocycles. The second-order valence-electron chi connectivity index (χ2n) is 4.40. The number of nitrogens with one attached hydrogen (secondary N) is 1. The van der Waals surface area contributed by atoms with E-state index in [-0.39, 0.29) is 0 Å². The summed E-state index contributed by atoms with van der Waals surface area (Å²) in [4.78, 5) is 2.62. The van der Waals surface area contributed by atoms with Gasteiger partial charge in [0.2, 0.25) is 0 Å². The Morgan fingerprint density at radius 1 is 1.54 bits per heavy atom. The summed E-state index contributed by atoms with van der Waals surface area (Å²) >= 11 is 0. The van der Waals surface area contributed by atoms with Gasteiger partial charge in [-0.15, -0.1) is 6.58 Å². The highest BCUT2D eigenvalue weighted by atomic mass is 15.2. The highest BCUT2D eigenvalue weighted by molar-refractivity contribution is 4.96. The van der Waals surface area contributed by atoms with Gasteiger partial charge >= 0.3 is 0 Å². The summed E-state index contributed by atoms with van der Waals surface area (Å²) in [6, 6.07) is 0.778. The van der Waals surface area contributed by atoms with Crippen molar-refractivity contribution in [3.63, 3.8) is 0 Å². The summed E-state index contributed by atoms with van der Waals surface area (Å²) in [5.74, 6) is 1.82. The van der Waals surface area contributed by atoms with E-state index in [4.69, 9.17) is 0 Å². The van der Waals surface area contributed by atoms with E-state index in [0.29, 0.717) is 0 Å². The van der Waals surface area contributed by atoms with Crippen LogP contribution in [0.4, 0.5) is 0 Å². The zero-order valence-electron chi connectivity index (χ0n) is 8.50. The molecule has 0 spiro atoms. The Morgan fingerprint density at radius 2 is 2.38 bits per heavy atom. The molecule has 0 amide bonds. The van der Waals surface area contributed by atoms with Crippen LogP contribution in [0.15, 0.2) is 12.7 Å². The first-order valence-corrected chi connectivity index (χ1v) is 5.38. The lowest BCUT2D eigenvalue weighted by atomic mass is 9.95. The summed E-state index contributed by atoms with van der Waals surface area (Å²) in [6.07, 6.45) is 3.16. The molecule has 2 aliphatic rings. The minimum absolute atomic E-state index is 0.778. The average molecular weight is 180 g/mol. The Bertz CT molecular complexity index is 191. The molecule has 0 aromatic rings. The molecule has 3 atom stereocenters. The molecule has 0 aliphatic carbocycles. The lowest BCUT2D eigenvalue weighted by Crippen LogP contribution is -2.33. The van der Waals surface area contributed by atoms with Crippen molar-refractivity contribution in [3.8, 4) is 0 Å². The Balaban J connectivity index is 1.90. The van der Waals surface area contributed by atoms with E-state index >= 15 is 0 Å². The first-order valence-electron chi connectivity index (χ1n) is 5.38. The van der Waals surface area contributed by atoms with E-state index in [1.165, 1.54) is 26.2 Å². The Labute approximate surface area is 81.0 Å². The van der Waals surface area contributed by atoms with Crippen LogP contribution in [0.1, 0.15) is 13.3 Å². The van der Waals surface area contributed by atoms with Crippen LogP contribution < -0.4 is 5.32 Å². The highest BCUT2D eigenvalue weighted by Crippen LogP contribution is 2.31. The molecule has 2 nitrogen and oxygen atoms in total. The first-order chi connectivity index (χ1) is 6.33. The number of fused-ring (bicyclic) bond motifs is 1. The summed E-state index contributed by atoms with van der Waals surface area (Å²) in [7, 11) is 0. The summed E-state index contributed by atoms with van der Waals surface area (Å²) in [5, 5.41) is 3.48. The quantitative estimate of drug-likeness (QED) is 0.654. The standard InChI is InChI=1S/C11H20N2/c1-3-4-5-13-8-10-6-12-7-11(10)9(13)2/h3,9-12H,1,4-8H2,2H3. The van der Waals surface area contributed by atoms with Crippen LogP contribution in [0, 0.1) is 11.8 Å². The Hall–Kier alpha value is -0.340. The monoisotopic (exact) mass is 180 g/mol. The van der Waals surface area contributed by atoms with Crippen molar-refractivity contribution in [1.82, 2.24) is 10.2 Å². The smallest absolute Gasteiger partial charge is 0.0111 e. The second kappa shape index (κ2) is 3.81. The van der Waals surface area contributed by atoms with E-state index in [1.807, 2.05) is 6.08 Å². The van der Waals surface area contributed by atoms with Crippen molar-refractivity contribution < 1.29 is 0 Å². The second-order valence-corrected chi connectivity index (χ2v) is 4.40. The predicted molar refractivity (Wildman–Crippen MR) is 55.7 cm³/mol. The molecule has 0 bridgehead atoms. The third kappa shape index (κ3) is 1.65. The molecular weight excluding hydrogens is 160 g/mol. The van der Waals surface area contributed by atoms with Gasteiger partial charge in [0.15, 0.2) is 0 Å². The van der Waals surface area contributed by atoms with E-state index < -0.39 is 0 Å². The van der Waals surface area contributed by atoms with Crippen LogP contribution >= 0.6 is 0 Å². The van der Waals surface area contributed by atoms with Crippen LogP contribution in [-0.4, -0.2) is 37.1 Å². The summed E-state index contributed by atoms with van der Waals surface area (Å²) in [5.41, 5.74) is 0. The van der Waals surface area contributed by atoms with Crippen LogP contribution in [-0.2, 0) is 0 Å². The molecule has 2 saturated heterocycles. The topological polar surface area (TPSA) is 15.3 Å². The molecule has 2 heterocycles. The van der Waals surface area contributed by atoms with Gasteiger partial charge in [0.25, 0.3) is 0 Å². The van der Waals surface area contributed by atoms with Gasteiger partial charge in [-0.1, -0.05) is 6.08 Å². The molecule has 3 unspecified atom stereocenters. The predicted octanol–water partition coefficient (Wildman–Crippen LogP) is 1.10. The van der Waals surface area contributed by atoms with E-state index in [2.05, 4.69) is 23.7 Å². The van der Waals surface area contributed by atoms with Crippen molar-refractivity contribution in [1.29, 1.82) is 0 Å². The van der Waals surface area contributed by atoms with Crippen LogP contribution in [0.25, 0.3) is 0 Å². The number of nitrogens with zero attached hydrogens (tertiary/aromatic N) is 1. The van der Waals surface area contributed by atoms with Gasteiger partial charge in [0.05, 0.1) is 0 Å². The Kier molecular flexibility index (Phi) is 2.70. The molecule has 74 valence electrons. The van der Waals surface area contributed by atoms with Crippen molar-refractivity contribution >= 4 is 0 Å². The number of hydrogen-bond donors (Lipinski definition) is 1. The SMILES string of the molecule is C=CCCN1CC2CNCC2C1C. The number of rotatable bonds is 3. The van der Waals surface area contributed by atoms with E-state index in [1.54, 1.807) is 0 Å². The fourth-order valence-corrected chi connectivity index (χ4v) is 2.81. The molecule has 2 fully saturated rings. The molecule has 2 heteroatoms. The lowest BCUT2D eigenvalue weighted by Gasteiger charge is -2.23. The van der Waals surface area contributed by atoms with Crippen molar-refractivity contribution in [3.05, 3.63) is 12.7 Å². The highest BCUT2D eigenvalue weighted by Gasteiger charge is 2.40. The van der Waals surface area contributed by atoms with Crippen molar-refractivity contribution in [2.75, 3.05) is 26.2 Å². The Morgan fingerprint density at radius 3 is 3.08 bits per heavy atom. The molecule has 2 aliphatic heterocycles. The van der Waals surface area contributed by atoms with Crippen LogP contribution in [0.5, 0.6) is 0 Å². The summed E-state index contributed by atoms with van der Waals surface area (Å²) < 4.78 is 0. The lowest BCUT2D eigenvalue weighted by molar-refractivity contribution is 0.244. The van der Waals surface area contributed by atoms with E-state index in [0.717, 1.165) is 24.3 Å². The minimum atomic E-state index is 0.778. The maximum atomic E-state index is 3.78. The van der Waals surface area contributed by atoms with Gasteiger partial charge in [-0.25, -0.2) is 0 Å². The normalized spacial score (nSPS) is 39.3. The molecular formula is C11H20N2. The van der Waals surface area contributed by atoms with Gasteiger partial charge in [0.1, 0.15) is 0 Å². The van der Waals surface area contributed by atoms with Gasteiger partial charge in [-0.05, 0) is 38.3 Å². The van der Waals surface area contributed by atoms with Gasteiger partial charge < -0.3 is 5.32 Å². The molecule has 0 saturated carbocycles. The number of likely N-dealkylation sites (tertiary alicyclic amines) is 1. The summed E-state index contributed by atoms with van der Waals surface area (Å²) in [6.45, 7) is 11.1. The maximum absolute atomic E-state index is 3.78. The number of hydrogen-bond acceptors (Lipinski definition) is 2. The van der Waals surface area contributed by atoms with E-state index in [9.17, 15) is 0 Å². The van der Waals surface area contributed by atoms with Gasteiger partial charge in [0, 0.05) is 19.1 Å². The fraction of sp³-hybridized carbons (Fsp3) is 0.818. The van der Waals surface area contributed by atoms with Gasteiger partial charge in [-0.3, -0.25) is 4.90 Å². The van der Waals surface area contributed by atoms with Crippen molar-refractivity contribution in [2.24, 2.45) is 11.8 Å². The molecule has 1 N–H and O–H groups in total. The largest absolute Gasteiger partial charge is 0.316 e. The molecule has 13 heavy (non-hydrogen) atoms. The third-order valence-electron chi connectivity index (χ3n) is 3.68.